The molecule has 0 amide bonds. The first kappa shape index (κ1) is 18.2. The SMILES string of the molecule is NC(N)=NC(N)=NCCCCc1ccccc1.O=[N+]([O-])O. The van der Waals surface area contributed by atoms with Gasteiger partial charge in [-0.05, 0) is 24.8 Å². The average Bonchev–Trinajstić information content (AvgIpc) is 2.38. The van der Waals surface area contributed by atoms with Crippen molar-refractivity contribution in [1.82, 2.24) is 0 Å². The Labute approximate surface area is 122 Å². The molecule has 1 rings (SSSR count). The van der Waals surface area contributed by atoms with E-state index in [0.717, 1.165) is 19.3 Å². The first-order valence-electron chi connectivity index (χ1n) is 6.18. The van der Waals surface area contributed by atoms with Crippen LogP contribution >= 0.6 is 0 Å². The van der Waals surface area contributed by atoms with E-state index in [1.807, 2.05) is 18.2 Å². The molecule has 0 spiro atoms. The molecule has 0 heterocycles. The standard InChI is InChI=1S/C12H19N5.HNO3/c13-11(14)17-12(15)16-9-5-4-8-10-6-2-1-3-7-10;2-1(3)4/h1-3,6-7H,4-5,8-9H2,(H6,13,14,15,16,17);(H,2,3,4). The molecule has 0 radical (unpaired) electrons. The summed E-state index contributed by atoms with van der Waals surface area (Å²) in [6.07, 6.45) is 3.09. The molecular formula is C12H20N6O3. The van der Waals surface area contributed by atoms with Crippen LogP contribution in [0, 0.1) is 10.1 Å². The van der Waals surface area contributed by atoms with Crippen LogP contribution < -0.4 is 17.2 Å². The molecule has 0 aliphatic heterocycles. The van der Waals surface area contributed by atoms with Crippen LogP contribution in [0.4, 0.5) is 0 Å². The molecule has 7 N–H and O–H groups in total. The van der Waals surface area contributed by atoms with E-state index in [9.17, 15) is 0 Å². The topological polar surface area (TPSA) is 166 Å². The Morgan fingerprint density at radius 1 is 1.19 bits per heavy atom. The summed E-state index contributed by atoms with van der Waals surface area (Å²) in [5, 5.41) is 13.6. The largest absolute Gasteiger partial charge is 0.370 e. The third-order valence-electron chi connectivity index (χ3n) is 2.23. The Morgan fingerprint density at radius 2 is 1.76 bits per heavy atom. The Kier molecular flexibility index (Phi) is 9.53. The van der Waals surface area contributed by atoms with E-state index in [1.54, 1.807) is 0 Å². The highest BCUT2D eigenvalue weighted by Gasteiger charge is 1.93. The number of benzene rings is 1. The lowest BCUT2D eigenvalue weighted by atomic mass is 10.1. The molecule has 9 heteroatoms. The van der Waals surface area contributed by atoms with Crippen LogP contribution in [0.15, 0.2) is 40.3 Å². The summed E-state index contributed by atoms with van der Waals surface area (Å²) in [5.41, 5.74) is 17.1. The van der Waals surface area contributed by atoms with Gasteiger partial charge in [-0.3, -0.25) is 4.99 Å². The third-order valence-corrected chi connectivity index (χ3v) is 2.23. The molecule has 116 valence electrons. The van der Waals surface area contributed by atoms with Gasteiger partial charge in [0.15, 0.2) is 5.96 Å². The number of hydrogen-bond donors (Lipinski definition) is 4. The van der Waals surface area contributed by atoms with Gasteiger partial charge >= 0.3 is 0 Å². The van der Waals surface area contributed by atoms with E-state index in [-0.39, 0.29) is 11.9 Å². The highest BCUT2D eigenvalue weighted by Crippen LogP contribution is 2.04. The van der Waals surface area contributed by atoms with Gasteiger partial charge in [-0.1, -0.05) is 30.3 Å². The van der Waals surface area contributed by atoms with Crippen molar-refractivity contribution in [1.29, 1.82) is 0 Å². The van der Waals surface area contributed by atoms with Gasteiger partial charge in [0, 0.05) is 6.54 Å². The second kappa shape index (κ2) is 11.0. The van der Waals surface area contributed by atoms with Crippen LogP contribution in [0.3, 0.4) is 0 Å². The third kappa shape index (κ3) is 13.4. The molecule has 9 nitrogen and oxygen atoms in total. The number of unbranched alkanes of at least 4 members (excludes halogenated alkanes) is 1. The molecule has 21 heavy (non-hydrogen) atoms. The van der Waals surface area contributed by atoms with Gasteiger partial charge in [0.2, 0.25) is 5.96 Å². The molecule has 0 fully saturated rings. The minimum Gasteiger partial charge on any atom is -0.370 e. The van der Waals surface area contributed by atoms with Gasteiger partial charge in [0.1, 0.15) is 0 Å². The van der Waals surface area contributed by atoms with Crippen molar-refractivity contribution in [2.75, 3.05) is 6.54 Å². The number of hydrogen-bond acceptors (Lipinski definition) is 3. The van der Waals surface area contributed by atoms with Gasteiger partial charge in [-0.25, -0.2) is 0 Å². The lowest BCUT2D eigenvalue weighted by molar-refractivity contribution is -0.742. The molecule has 0 aliphatic rings. The minimum absolute atomic E-state index is 0.0597. The fourth-order valence-electron chi connectivity index (χ4n) is 1.45. The number of nitrogens with zero attached hydrogens (tertiary/aromatic N) is 3. The zero-order valence-electron chi connectivity index (χ0n) is 11.6. The summed E-state index contributed by atoms with van der Waals surface area (Å²) in [7, 11) is 0. The van der Waals surface area contributed by atoms with Crippen molar-refractivity contribution < 1.29 is 10.3 Å². The van der Waals surface area contributed by atoms with Crippen molar-refractivity contribution in [3.05, 3.63) is 46.0 Å². The second-order valence-corrected chi connectivity index (χ2v) is 3.96. The van der Waals surface area contributed by atoms with Crippen LogP contribution in [0.25, 0.3) is 0 Å². The van der Waals surface area contributed by atoms with E-state index in [1.165, 1.54) is 5.56 Å². The van der Waals surface area contributed by atoms with E-state index in [4.69, 9.17) is 32.5 Å². The minimum atomic E-state index is -1.50. The van der Waals surface area contributed by atoms with Gasteiger partial charge in [0.05, 0.1) is 0 Å². The van der Waals surface area contributed by atoms with Crippen LogP contribution in [-0.4, -0.2) is 28.8 Å². The number of guanidine groups is 2. The first-order valence-corrected chi connectivity index (χ1v) is 6.18. The predicted molar refractivity (Wildman–Crippen MR) is 80.5 cm³/mol. The Morgan fingerprint density at radius 3 is 2.29 bits per heavy atom. The molecule has 0 aromatic heterocycles. The Balaban J connectivity index is 0.000000885. The molecule has 0 bridgehead atoms. The van der Waals surface area contributed by atoms with Crippen molar-refractivity contribution >= 4 is 11.9 Å². The fourth-order valence-corrected chi connectivity index (χ4v) is 1.45. The van der Waals surface area contributed by atoms with Gasteiger partial charge in [-0.2, -0.15) is 4.99 Å². The van der Waals surface area contributed by atoms with Crippen molar-refractivity contribution in [3.63, 3.8) is 0 Å². The lowest BCUT2D eigenvalue weighted by Gasteiger charge is -1.99. The van der Waals surface area contributed by atoms with Crippen LogP contribution in [0.5, 0.6) is 0 Å². The maximum atomic E-state index is 8.36. The monoisotopic (exact) mass is 296 g/mol. The van der Waals surface area contributed by atoms with Gasteiger partial charge in [0.25, 0.3) is 5.09 Å². The molecule has 1 aromatic rings. The molecule has 0 saturated carbocycles. The Bertz CT molecular complexity index is 467. The summed E-state index contributed by atoms with van der Waals surface area (Å²) < 4.78 is 0. The van der Waals surface area contributed by atoms with E-state index in [2.05, 4.69) is 22.1 Å². The summed E-state index contributed by atoms with van der Waals surface area (Å²) in [4.78, 5) is 16.0. The number of aryl methyl sites for hydroxylation is 1. The van der Waals surface area contributed by atoms with Crippen molar-refractivity contribution in [3.8, 4) is 0 Å². The summed E-state index contributed by atoms with van der Waals surface area (Å²) in [6, 6.07) is 10.4. The van der Waals surface area contributed by atoms with Crippen LogP contribution in [0.2, 0.25) is 0 Å². The van der Waals surface area contributed by atoms with Crippen LogP contribution in [-0.2, 0) is 6.42 Å². The average molecular weight is 296 g/mol. The van der Waals surface area contributed by atoms with E-state index >= 15 is 0 Å². The summed E-state index contributed by atoms with van der Waals surface area (Å²) in [5.74, 6) is 0.0836. The van der Waals surface area contributed by atoms with E-state index in [0.29, 0.717) is 6.54 Å². The summed E-state index contributed by atoms with van der Waals surface area (Å²) >= 11 is 0. The zero-order valence-corrected chi connectivity index (χ0v) is 11.6. The molecule has 0 unspecified atom stereocenters. The highest BCUT2D eigenvalue weighted by molar-refractivity contribution is 5.92. The van der Waals surface area contributed by atoms with Crippen molar-refractivity contribution in [2.45, 2.75) is 19.3 Å². The quantitative estimate of drug-likeness (QED) is 0.200. The second-order valence-electron chi connectivity index (χ2n) is 3.96. The predicted octanol–water partition coefficient (Wildman–Crippen LogP) is 0.250. The smallest absolute Gasteiger partial charge is 0.291 e. The number of nitrogens with two attached hydrogens (primary N) is 3. The van der Waals surface area contributed by atoms with Crippen molar-refractivity contribution in [2.24, 2.45) is 27.2 Å². The molecule has 1 aromatic carbocycles. The van der Waals surface area contributed by atoms with E-state index < -0.39 is 5.09 Å². The first-order chi connectivity index (χ1) is 9.91. The molecule has 0 aliphatic carbocycles. The number of rotatable bonds is 5. The summed E-state index contributed by atoms with van der Waals surface area (Å²) in [6.45, 7) is 0.648. The normalized spacial score (nSPS) is 10.2. The number of aliphatic imine (C=N–C) groups is 2. The van der Waals surface area contributed by atoms with Crippen LogP contribution in [0.1, 0.15) is 18.4 Å². The zero-order chi connectivity index (χ0) is 16.1. The lowest BCUT2D eigenvalue weighted by Crippen LogP contribution is -2.26. The van der Waals surface area contributed by atoms with Gasteiger partial charge < -0.3 is 22.4 Å². The highest BCUT2D eigenvalue weighted by atomic mass is 16.9. The van der Waals surface area contributed by atoms with Gasteiger partial charge in [-0.15, -0.1) is 10.1 Å². The maximum absolute atomic E-state index is 8.36. The molecular weight excluding hydrogens is 276 g/mol. The molecule has 0 saturated heterocycles. The fraction of sp³-hybridized carbons (Fsp3) is 0.333. The maximum Gasteiger partial charge on any atom is 0.291 e. The molecule has 0 atom stereocenters. The Hall–Kier alpha value is -2.84.